The molecule has 0 fully saturated rings. The summed E-state index contributed by atoms with van der Waals surface area (Å²) in [6.07, 6.45) is 3.29. The third kappa shape index (κ3) is 3.52. The molecule has 0 saturated heterocycles. The molecule has 0 amide bonds. The molecular weight excluding hydrogens is 420 g/mol. The van der Waals surface area contributed by atoms with Crippen molar-refractivity contribution in [2.45, 2.75) is 11.8 Å². The number of rotatable bonds is 4. The van der Waals surface area contributed by atoms with Crippen LogP contribution >= 0.6 is 0 Å². The molecule has 0 unspecified atom stereocenters. The van der Waals surface area contributed by atoms with Gasteiger partial charge in [0, 0.05) is 28.4 Å². The maximum absolute atomic E-state index is 13.1. The Kier molecular flexibility index (Phi) is 4.75. The van der Waals surface area contributed by atoms with Crippen molar-refractivity contribution in [1.29, 1.82) is 0 Å². The second kappa shape index (κ2) is 7.62. The largest absolute Gasteiger partial charge is 0.399 e. The molecule has 0 aliphatic carbocycles. The summed E-state index contributed by atoms with van der Waals surface area (Å²) in [4.78, 5) is 0.260. The van der Waals surface area contributed by atoms with Crippen molar-refractivity contribution in [3.05, 3.63) is 96.8 Å². The zero-order valence-corrected chi connectivity index (χ0v) is 18.1. The Hall–Kier alpha value is -3.97. The molecule has 0 spiro atoms. The first kappa shape index (κ1) is 20.0. The number of aryl methyl sites for hydroxylation is 1. The summed E-state index contributed by atoms with van der Waals surface area (Å²) >= 11 is 0. The number of nitrogen functional groups attached to an aromatic ring is 1. The number of hydrogen-bond donors (Lipinski definition) is 1. The highest BCUT2D eigenvalue weighted by Crippen LogP contribution is 2.29. The van der Waals surface area contributed by atoms with Gasteiger partial charge in [-0.3, -0.25) is 0 Å². The van der Waals surface area contributed by atoms with Gasteiger partial charge in [0.1, 0.15) is 0 Å². The van der Waals surface area contributed by atoms with Crippen molar-refractivity contribution in [1.82, 2.24) is 14.2 Å². The lowest BCUT2D eigenvalue weighted by Gasteiger charge is -2.09. The van der Waals surface area contributed by atoms with Crippen LogP contribution < -0.4 is 5.73 Å². The van der Waals surface area contributed by atoms with Crippen LogP contribution in [0.1, 0.15) is 5.56 Å². The smallest absolute Gasteiger partial charge is 0.268 e. The second-order valence-electron chi connectivity index (χ2n) is 7.65. The Morgan fingerprint density at radius 2 is 1.53 bits per heavy atom. The number of nitrogens with two attached hydrogens (primary N) is 1. The molecule has 5 aromatic rings. The van der Waals surface area contributed by atoms with Crippen molar-refractivity contribution < 1.29 is 8.42 Å². The number of aromatic nitrogens is 3. The van der Waals surface area contributed by atoms with Gasteiger partial charge in [-0.15, -0.1) is 0 Å². The monoisotopic (exact) mass is 440 g/mol. The van der Waals surface area contributed by atoms with Crippen molar-refractivity contribution in [3.63, 3.8) is 0 Å². The molecule has 2 N–H and O–H groups in total. The van der Waals surface area contributed by atoms with E-state index in [4.69, 9.17) is 5.73 Å². The summed E-state index contributed by atoms with van der Waals surface area (Å²) in [6, 6.07) is 23.8. The van der Waals surface area contributed by atoms with Gasteiger partial charge in [-0.1, -0.05) is 35.9 Å². The summed E-state index contributed by atoms with van der Waals surface area (Å²) in [5, 5.41) is 9.20. The molecular formula is C25H20N4O2S. The lowest BCUT2D eigenvalue weighted by Crippen LogP contribution is -2.11. The van der Waals surface area contributed by atoms with Crippen LogP contribution in [-0.2, 0) is 10.0 Å². The molecule has 3 aromatic carbocycles. The quantitative estimate of drug-likeness (QED) is 0.402. The molecule has 0 radical (unpaired) electrons. The zero-order valence-electron chi connectivity index (χ0n) is 17.3. The summed E-state index contributed by atoms with van der Waals surface area (Å²) < 4.78 is 27.6. The summed E-state index contributed by atoms with van der Waals surface area (Å²) in [6.45, 7) is 1.93. The number of hydrogen-bond acceptors (Lipinski definition) is 5. The molecule has 0 atom stereocenters. The zero-order chi connectivity index (χ0) is 22.3. The van der Waals surface area contributed by atoms with Gasteiger partial charge in [0.05, 0.1) is 22.3 Å². The fraction of sp³-hybridized carbons (Fsp3) is 0.0400. The van der Waals surface area contributed by atoms with Crippen LogP contribution in [-0.4, -0.2) is 22.6 Å². The Bertz CT molecular complexity index is 1540. The SMILES string of the molecule is Cc1ccc(S(=O)(=O)n2ccc3cc(-c4cnnc(-c5ccc(N)cc5)c4)ccc32)cc1. The highest BCUT2D eigenvalue weighted by Gasteiger charge is 2.19. The maximum atomic E-state index is 13.1. The topological polar surface area (TPSA) is 90.9 Å². The van der Waals surface area contributed by atoms with Crippen LogP contribution in [0.25, 0.3) is 33.3 Å². The lowest BCUT2D eigenvalue weighted by molar-refractivity contribution is 0.589. The van der Waals surface area contributed by atoms with Gasteiger partial charge in [-0.2, -0.15) is 10.2 Å². The van der Waals surface area contributed by atoms with Crippen LogP contribution in [0, 0.1) is 6.92 Å². The first-order chi connectivity index (χ1) is 15.4. The molecule has 32 heavy (non-hydrogen) atoms. The van der Waals surface area contributed by atoms with Gasteiger partial charge in [0.2, 0.25) is 0 Å². The van der Waals surface area contributed by atoms with E-state index in [2.05, 4.69) is 10.2 Å². The van der Waals surface area contributed by atoms with Crippen molar-refractivity contribution in [2.75, 3.05) is 5.73 Å². The molecule has 0 saturated carbocycles. The van der Waals surface area contributed by atoms with Gasteiger partial charge in [-0.25, -0.2) is 12.4 Å². The van der Waals surface area contributed by atoms with Crippen LogP contribution in [0.4, 0.5) is 5.69 Å². The third-order valence-corrected chi connectivity index (χ3v) is 7.13. The Labute approximate surface area is 186 Å². The minimum atomic E-state index is -3.68. The Morgan fingerprint density at radius 1 is 0.812 bits per heavy atom. The van der Waals surface area contributed by atoms with E-state index in [1.807, 2.05) is 55.5 Å². The highest BCUT2D eigenvalue weighted by atomic mass is 32.2. The minimum Gasteiger partial charge on any atom is -0.399 e. The van der Waals surface area contributed by atoms with Crippen molar-refractivity contribution in [2.24, 2.45) is 0 Å². The standard InChI is InChI=1S/C25H20N4O2S/c1-17-2-9-23(10-3-17)32(30,31)29-13-12-20-14-19(6-11-25(20)29)21-15-24(28-27-16-21)18-4-7-22(26)8-5-18/h2-16H,26H2,1H3. The van der Waals surface area contributed by atoms with E-state index < -0.39 is 10.0 Å². The number of nitrogens with zero attached hydrogens (tertiary/aromatic N) is 3. The summed E-state index contributed by atoms with van der Waals surface area (Å²) in [5.41, 5.74) is 11.6. The van der Waals surface area contributed by atoms with Crippen molar-refractivity contribution >= 4 is 26.6 Å². The average Bonchev–Trinajstić information content (AvgIpc) is 3.24. The number of anilines is 1. The first-order valence-corrected chi connectivity index (χ1v) is 11.5. The molecule has 2 aromatic heterocycles. The van der Waals surface area contributed by atoms with Gasteiger partial charge in [0.15, 0.2) is 0 Å². The molecule has 6 nitrogen and oxygen atoms in total. The van der Waals surface area contributed by atoms with E-state index in [0.29, 0.717) is 11.2 Å². The van der Waals surface area contributed by atoms with E-state index in [-0.39, 0.29) is 4.90 Å². The minimum absolute atomic E-state index is 0.260. The van der Waals surface area contributed by atoms with Gasteiger partial charge >= 0.3 is 0 Å². The predicted molar refractivity (Wildman–Crippen MR) is 127 cm³/mol. The second-order valence-corrected chi connectivity index (χ2v) is 9.47. The molecule has 7 heteroatoms. The molecule has 0 bridgehead atoms. The van der Waals surface area contributed by atoms with Crippen LogP contribution in [0.15, 0.2) is 96.2 Å². The van der Waals surface area contributed by atoms with Crippen LogP contribution in [0.3, 0.4) is 0 Å². The third-order valence-electron chi connectivity index (χ3n) is 5.43. The first-order valence-electron chi connectivity index (χ1n) is 10.0. The van der Waals surface area contributed by atoms with E-state index in [9.17, 15) is 8.42 Å². The highest BCUT2D eigenvalue weighted by molar-refractivity contribution is 7.90. The Morgan fingerprint density at radius 3 is 2.28 bits per heavy atom. The molecule has 5 rings (SSSR count). The maximum Gasteiger partial charge on any atom is 0.268 e. The number of fused-ring (bicyclic) bond motifs is 1. The summed E-state index contributed by atoms with van der Waals surface area (Å²) in [5.74, 6) is 0. The molecule has 2 heterocycles. The molecule has 0 aliphatic rings. The molecule has 0 aliphatic heterocycles. The molecule has 158 valence electrons. The summed E-state index contributed by atoms with van der Waals surface area (Å²) in [7, 11) is -3.68. The van der Waals surface area contributed by atoms with E-state index in [1.54, 1.807) is 42.7 Å². The Balaban J connectivity index is 1.54. The average molecular weight is 441 g/mol. The van der Waals surface area contributed by atoms with E-state index >= 15 is 0 Å². The number of benzene rings is 3. The van der Waals surface area contributed by atoms with Gasteiger partial charge < -0.3 is 5.73 Å². The normalized spacial score (nSPS) is 11.7. The predicted octanol–water partition coefficient (Wildman–Crippen LogP) is 4.89. The van der Waals surface area contributed by atoms with Crippen molar-refractivity contribution in [3.8, 4) is 22.4 Å². The lowest BCUT2D eigenvalue weighted by atomic mass is 10.0. The van der Waals surface area contributed by atoms with Gasteiger partial charge in [0.25, 0.3) is 10.0 Å². The van der Waals surface area contributed by atoms with Gasteiger partial charge in [-0.05, 0) is 61.0 Å². The fourth-order valence-electron chi connectivity index (χ4n) is 3.65. The van der Waals surface area contributed by atoms with E-state index in [0.717, 1.165) is 33.3 Å². The van der Waals surface area contributed by atoms with Crippen LogP contribution in [0.5, 0.6) is 0 Å². The fourth-order valence-corrected chi connectivity index (χ4v) is 5.00. The van der Waals surface area contributed by atoms with Crippen LogP contribution in [0.2, 0.25) is 0 Å². The van der Waals surface area contributed by atoms with E-state index in [1.165, 1.54) is 3.97 Å².